The van der Waals surface area contributed by atoms with Gasteiger partial charge in [0.25, 0.3) is 0 Å². The molecule has 1 aromatic carbocycles. The molecule has 0 aliphatic rings. The summed E-state index contributed by atoms with van der Waals surface area (Å²) in [6.45, 7) is 0. The normalized spacial score (nSPS) is 10.8. The standard InChI is InChI=1S/C13H12N2O2S/c1-16-8-3-4-9-10(7-8)15-13(14-9)12-11(17-2)5-6-18-12/h3-7H,1-2H3,(H,14,15). The van der Waals surface area contributed by atoms with Gasteiger partial charge in [0.1, 0.15) is 16.4 Å². The van der Waals surface area contributed by atoms with E-state index in [4.69, 9.17) is 9.47 Å². The number of aromatic nitrogens is 2. The number of H-pyrrole nitrogens is 1. The van der Waals surface area contributed by atoms with E-state index in [2.05, 4.69) is 9.97 Å². The lowest BCUT2D eigenvalue weighted by Gasteiger charge is -1.97. The van der Waals surface area contributed by atoms with Crippen molar-refractivity contribution < 1.29 is 9.47 Å². The summed E-state index contributed by atoms with van der Waals surface area (Å²) >= 11 is 1.60. The van der Waals surface area contributed by atoms with E-state index >= 15 is 0 Å². The Kier molecular flexibility index (Phi) is 2.68. The second kappa shape index (κ2) is 4.34. The highest BCUT2D eigenvalue weighted by molar-refractivity contribution is 7.13. The van der Waals surface area contributed by atoms with E-state index < -0.39 is 0 Å². The average Bonchev–Trinajstić information content (AvgIpc) is 3.03. The molecule has 3 rings (SSSR count). The van der Waals surface area contributed by atoms with Crippen LogP contribution in [0.25, 0.3) is 21.7 Å². The van der Waals surface area contributed by atoms with E-state index in [1.165, 1.54) is 0 Å². The summed E-state index contributed by atoms with van der Waals surface area (Å²) in [5.41, 5.74) is 1.88. The molecule has 0 fully saturated rings. The first-order valence-corrected chi connectivity index (χ1v) is 6.35. The van der Waals surface area contributed by atoms with Crippen molar-refractivity contribution in [2.75, 3.05) is 14.2 Å². The summed E-state index contributed by atoms with van der Waals surface area (Å²) in [6.07, 6.45) is 0. The summed E-state index contributed by atoms with van der Waals surface area (Å²) in [6, 6.07) is 7.71. The number of benzene rings is 1. The fraction of sp³-hybridized carbons (Fsp3) is 0.154. The molecule has 0 saturated carbocycles. The number of hydrogen-bond acceptors (Lipinski definition) is 4. The average molecular weight is 260 g/mol. The predicted octanol–water partition coefficient (Wildman–Crippen LogP) is 3.31. The predicted molar refractivity (Wildman–Crippen MR) is 72.5 cm³/mol. The van der Waals surface area contributed by atoms with Crippen LogP contribution in [0.15, 0.2) is 29.6 Å². The Hall–Kier alpha value is -2.01. The minimum Gasteiger partial charge on any atom is -0.497 e. The second-order valence-corrected chi connectivity index (χ2v) is 4.70. The van der Waals surface area contributed by atoms with Crippen molar-refractivity contribution in [2.24, 2.45) is 0 Å². The molecule has 0 bridgehead atoms. The van der Waals surface area contributed by atoms with Gasteiger partial charge in [0.15, 0.2) is 5.82 Å². The van der Waals surface area contributed by atoms with E-state index in [0.29, 0.717) is 0 Å². The third kappa shape index (κ3) is 1.73. The number of ether oxygens (including phenoxy) is 2. The van der Waals surface area contributed by atoms with Crippen molar-refractivity contribution >= 4 is 22.4 Å². The maximum atomic E-state index is 5.31. The molecule has 0 unspecified atom stereocenters. The van der Waals surface area contributed by atoms with Crippen molar-refractivity contribution in [3.63, 3.8) is 0 Å². The number of nitrogens with one attached hydrogen (secondary N) is 1. The van der Waals surface area contributed by atoms with Crippen molar-refractivity contribution in [3.8, 4) is 22.2 Å². The zero-order valence-electron chi connectivity index (χ0n) is 10.1. The Balaban J connectivity index is 2.13. The molecular weight excluding hydrogens is 248 g/mol. The van der Waals surface area contributed by atoms with Crippen molar-refractivity contribution in [1.82, 2.24) is 9.97 Å². The minimum absolute atomic E-state index is 0.816. The Morgan fingerprint density at radius 1 is 1.17 bits per heavy atom. The molecule has 92 valence electrons. The van der Waals surface area contributed by atoms with E-state index in [9.17, 15) is 0 Å². The van der Waals surface area contributed by atoms with E-state index in [-0.39, 0.29) is 0 Å². The van der Waals surface area contributed by atoms with Crippen LogP contribution >= 0.6 is 11.3 Å². The molecule has 2 aromatic heterocycles. The summed E-state index contributed by atoms with van der Waals surface area (Å²) < 4.78 is 10.5. The molecule has 4 nitrogen and oxygen atoms in total. The van der Waals surface area contributed by atoms with Crippen molar-refractivity contribution in [3.05, 3.63) is 29.6 Å². The summed E-state index contributed by atoms with van der Waals surface area (Å²) in [5, 5.41) is 1.99. The molecule has 0 atom stereocenters. The van der Waals surface area contributed by atoms with Gasteiger partial charge < -0.3 is 14.5 Å². The summed E-state index contributed by atoms with van der Waals surface area (Å²) in [5.74, 6) is 2.48. The third-order valence-corrected chi connectivity index (χ3v) is 3.66. The van der Waals surface area contributed by atoms with Crippen molar-refractivity contribution in [1.29, 1.82) is 0 Å². The monoisotopic (exact) mass is 260 g/mol. The Labute approximate surface area is 108 Å². The van der Waals surface area contributed by atoms with E-state index in [0.717, 1.165) is 33.2 Å². The first kappa shape index (κ1) is 11.1. The molecule has 5 heteroatoms. The van der Waals surface area contributed by atoms with Crippen LogP contribution in [0.5, 0.6) is 11.5 Å². The maximum absolute atomic E-state index is 5.31. The Morgan fingerprint density at radius 3 is 2.83 bits per heavy atom. The molecule has 0 aliphatic heterocycles. The first-order valence-electron chi connectivity index (χ1n) is 5.47. The van der Waals surface area contributed by atoms with Crippen LogP contribution in [0, 0.1) is 0 Å². The molecule has 0 radical (unpaired) electrons. The molecule has 0 saturated heterocycles. The number of aromatic amines is 1. The smallest absolute Gasteiger partial charge is 0.152 e. The van der Waals surface area contributed by atoms with Gasteiger partial charge in [-0.3, -0.25) is 0 Å². The second-order valence-electron chi connectivity index (χ2n) is 3.79. The SMILES string of the molecule is COc1ccc2nc(-c3sccc3OC)[nH]c2c1. The molecule has 3 aromatic rings. The fourth-order valence-electron chi connectivity index (χ4n) is 1.85. The fourth-order valence-corrected chi connectivity index (χ4v) is 2.66. The molecule has 0 spiro atoms. The van der Waals surface area contributed by atoms with Gasteiger partial charge in [-0.2, -0.15) is 0 Å². The lowest BCUT2D eigenvalue weighted by molar-refractivity contribution is 0.415. The topological polar surface area (TPSA) is 47.1 Å². The van der Waals surface area contributed by atoms with Crippen LogP contribution in [-0.4, -0.2) is 24.2 Å². The number of imidazole rings is 1. The molecule has 18 heavy (non-hydrogen) atoms. The number of nitrogens with zero attached hydrogens (tertiary/aromatic N) is 1. The van der Waals surface area contributed by atoms with Gasteiger partial charge in [0.2, 0.25) is 0 Å². The Bertz CT molecular complexity index is 687. The van der Waals surface area contributed by atoms with E-state index in [1.807, 2.05) is 29.6 Å². The number of rotatable bonds is 3. The zero-order chi connectivity index (χ0) is 12.5. The maximum Gasteiger partial charge on any atom is 0.152 e. The lowest BCUT2D eigenvalue weighted by Crippen LogP contribution is -1.83. The van der Waals surface area contributed by atoms with E-state index in [1.54, 1.807) is 25.6 Å². The van der Waals surface area contributed by atoms with Crippen LogP contribution in [0.3, 0.4) is 0 Å². The highest BCUT2D eigenvalue weighted by Gasteiger charge is 2.12. The first-order chi connectivity index (χ1) is 8.81. The van der Waals surface area contributed by atoms with Gasteiger partial charge in [-0.25, -0.2) is 4.98 Å². The Morgan fingerprint density at radius 2 is 2.06 bits per heavy atom. The number of thiophene rings is 1. The number of fused-ring (bicyclic) bond motifs is 1. The zero-order valence-corrected chi connectivity index (χ0v) is 10.9. The minimum atomic E-state index is 0.816. The van der Waals surface area contributed by atoms with Crippen LogP contribution in [-0.2, 0) is 0 Å². The molecule has 1 N–H and O–H groups in total. The van der Waals surface area contributed by atoms with Crippen LogP contribution in [0.2, 0.25) is 0 Å². The summed E-state index contributed by atoms with van der Waals surface area (Å²) in [4.78, 5) is 8.85. The van der Waals surface area contributed by atoms with Crippen molar-refractivity contribution in [2.45, 2.75) is 0 Å². The van der Waals surface area contributed by atoms with Gasteiger partial charge in [-0.15, -0.1) is 11.3 Å². The molecule has 0 aliphatic carbocycles. The lowest BCUT2D eigenvalue weighted by atomic mass is 10.3. The third-order valence-electron chi connectivity index (χ3n) is 2.75. The summed E-state index contributed by atoms with van der Waals surface area (Å²) in [7, 11) is 3.32. The van der Waals surface area contributed by atoms with Gasteiger partial charge in [-0.05, 0) is 23.6 Å². The van der Waals surface area contributed by atoms with Gasteiger partial charge in [0, 0.05) is 6.07 Å². The van der Waals surface area contributed by atoms with Gasteiger partial charge >= 0.3 is 0 Å². The molecule has 0 amide bonds. The highest BCUT2D eigenvalue weighted by atomic mass is 32.1. The highest BCUT2D eigenvalue weighted by Crippen LogP contribution is 2.34. The largest absolute Gasteiger partial charge is 0.497 e. The number of methoxy groups -OCH3 is 2. The molecular formula is C13H12N2O2S. The van der Waals surface area contributed by atoms with Crippen LogP contribution < -0.4 is 9.47 Å². The molecule has 2 heterocycles. The van der Waals surface area contributed by atoms with Gasteiger partial charge in [-0.1, -0.05) is 0 Å². The van der Waals surface area contributed by atoms with Gasteiger partial charge in [0.05, 0.1) is 25.3 Å². The van der Waals surface area contributed by atoms with Crippen LogP contribution in [0.4, 0.5) is 0 Å². The quantitative estimate of drug-likeness (QED) is 0.786. The van der Waals surface area contributed by atoms with Crippen LogP contribution in [0.1, 0.15) is 0 Å². The number of hydrogen-bond donors (Lipinski definition) is 1.